The number of nitrogens with one attached hydrogen (secondary N) is 1. The second kappa shape index (κ2) is 8.08. The average Bonchev–Trinajstić information content (AvgIpc) is 3.20. The van der Waals surface area contributed by atoms with E-state index in [1.54, 1.807) is 17.6 Å². The first kappa shape index (κ1) is 18.6. The van der Waals surface area contributed by atoms with Gasteiger partial charge in [0.05, 0.1) is 5.69 Å². The van der Waals surface area contributed by atoms with Gasteiger partial charge in [-0.2, -0.15) is 0 Å². The maximum absolute atomic E-state index is 12.9. The lowest BCUT2D eigenvalue weighted by Gasteiger charge is -2.06. The smallest absolute Gasteiger partial charge is 0.262 e. The number of thiazole rings is 1. The highest BCUT2D eigenvalue weighted by atomic mass is 79.9. The molecule has 0 fully saturated rings. The van der Waals surface area contributed by atoms with Gasteiger partial charge in [0.2, 0.25) is 5.55 Å². The number of aryl methyl sites for hydroxylation is 1. The summed E-state index contributed by atoms with van der Waals surface area (Å²) in [7, 11) is 0. The van der Waals surface area contributed by atoms with Gasteiger partial charge in [-0.1, -0.05) is 35.0 Å². The number of anilines is 1. The molecular weight excluding hydrogens is 438 g/mol. The molecule has 0 radical (unpaired) electrons. The molecule has 140 valence electrons. The van der Waals surface area contributed by atoms with Gasteiger partial charge >= 0.3 is 0 Å². The van der Waals surface area contributed by atoms with E-state index in [0.29, 0.717) is 16.3 Å². The Labute approximate surface area is 173 Å². The maximum atomic E-state index is 12.9. The fraction of sp³-hybridized carbons (Fsp3) is 0.0952. The summed E-state index contributed by atoms with van der Waals surface area (Å²) in [5, 5.41) is 5.94. The summed E-state index contributed by atoms with van der Waals surface area (Å²) in [5.74, 6) is -0.314. The molecule has 0 saturated carbocycles. The van der Waals surface area contributed by atoms with E-state index in [0.717, 1.165) is 22.0 Å². The minimum Gasteiger partial charge on any atom is -0.438 e. The summed E-state index contributed by atoms with van der Waals surface area (Å²) in [6, 6.07) is 15.3. The van der Waals surface area contributed by atoms with Crippen LogP contribution >= 0.6 is 27.3 Å². The lowest BCUT2D eigenvalue weighted by atomic mass is 10.1. The molecule has 5 nitrogen and oxygen atoms in total. The first-order valence-corrected chi connectivity index (χ1v) is 10.4. The van der Waals surface area contributed by atoms with Gasteiger partial charge < -0.3 is 4.42 Å². The van der Waals surface area contributed by atoms with Gasteiger partial charge in [-0.3, -0.25) is 10.1 Å². The fourth-order valence-corrected chi connectivity index (χ4v) is 3.66. The molecule has 0 bridgehead atoms. The Kier molecular flexibility index (Phi) is 5.36. The van der Waals surface area contributed by atoms with Crippen molar-refractivity contribution in [1.29, 1.82) is 0 Å². The van der Waals surface area contributed by atoms with Crippen LogP contribution in [0, 0.1) is 0 Å². The molecule has 2 aromatic heterocycles. The summed E-state index contributed by atoms with van der Waals surface area (Å²) < 4.78 is 6.90. The predicted octanol–water partition coefficient (Wildman–Crippen LogP) is 5.70. The van der Waals surface area contributed by atoms with Gasteiger partial charge in [-0.15, -0.1) is 11.3 Å². The third-order valence-electron chi connectivity index (χ3n) is 4.16. The van der Waals surface area contributed by atoms with Crippen molar-refractivity contribution in [3.8, 4) is 0 Å². The third-order valence-corrected chi connectivity index (χ3v) is 5.34. The summed E-state index contributed by atoms with van der Waals surface area (Å²) in [5.41, 5.74) is 3.17. The molecule has 0 aliphatic heterocycles. The van der Waals surface area contributed by atoms with Crippen molar-refractivity contribution in [3.05, 3.63) is 81.3 Å². The van der Waals surface area contributed by atoms with Gasteiger partial charge in [0.15, 0.2) is 5.13 Å². The minimum absolute atomic E-state index is 0.261. The largest absolute Gasteiger partial charge is 0.438 e. The standard InChI is InChI=1S/C21H16BrN3O2S/c1-2-13-4-3-5-16(10-13)24-20-17(19(26)25-21-23-8-9-28-21)12-14-11-15(22)6-7-18(14)27-20/h3-12H,2H2,1H3,(H,23,25,26). The van der Waals surface area contributed by atoms with Crippen LogP contribution in [0.3, 0.4) is 0 Å². The number of carbonyl (C=O) groups excluding carboxylic acids is 1. The van der Waals surface area contributed by atoms with Gasteiger partial charge in [-0.05, 0) is 48.4 Å². The molecule has 4 aromatic rings. The van der Waals surface area contributed by atoms with Crippen molar-refractivity contribution < 1.29 is 9.21 Å². The van der Waals surface area contributed by atoms with E-state index in [9.17, 15) is 4.79 Å². The molecule has 0 aliphatic rings. The Morgan fingerprint density at radius 3 is 2.93 bits per heavy atom. The SMILES string of the molecule is CCc1cccc(N=c2oc3ccc(Br)cc3cc2C(=O)Nc2nccs2)c1. The molecule has 28 heavy (non-hydrogen) atoms. The van der Waals surface area contributed by atoms with Crippen LogP contribution < -0.4 is 10.9 Å². The van der Waals surface area contributed by atoms with Crippen molar-refractivity contribution in [3.63, 3.8) is 0 Å². The Bertz CT molecular complexity index is 1220. The van der Waals surface area contributed by atoms with Crippen LogP contribution in [0.1, 0.15) is 22.8 Å². The number of fused-ring (bicyclic) bond motifs is 1. The number of hydrogen-bond acceptors (Lipinski definition) is 5. The molecular formula is C21H16BrN3O2S. The van der Waals surface area contributed by atoms with Crippen molar-refractivity contribution in [2.75, 3.05) is 5.32 Å². The number of rotatable bonds is 4. The molecule has 7 heteroatoms. The fourth-order valence-electron chi connectivity index (χ4n) is 2.76. The summed E-state index contributed by atoms with van der Waals surface area (Å²) in [4.78, 5) is 21.6. The zero-order valence-corrected chi connectivity index (χ0v) is 17.4. The Hall–Kier alpha value is -2.77. The number of aromatic nitrogens is 1. The Morgan fingerprint density at radius 1 is 1.25 bits per heavy atom. The van der Waals surface area contributed by atoms with Crippen LogP contribution in [-0.2, 0) is 6.42 Å². The highest BCUT2D eigenvalue weighted by Crippen LogP contribution is 2.21. The summed E-state index contributed by atoms with van der Waals surface area (Å²) >= 11 is 4.81. The monoisotopic (exact) mass is 453 g/mol. The van der Waals surface area contributed by atoms with Gasteiger partial charge in [0.1, 0.15) is 11.1 Å². The van der Waals surface area contributed by atoms with Crippen LogP contribution in [0.25, 0.3) is 11.0 Å². The maximum Gasteiger partial charge on any atom is 0.262 e. The molecule has 2 heterocycles. The number of nitrogens with zero attached hydrogens (tertiary/aromatic N) is 2. The van der Waals surface area contributed by atoms with E-state index in [1.165, 1.54) is 16.9 Å². The van der Waals surface area contributed by atoms with E-state index in [1.807, 2.05) is 42.5 Å². The van der Waals surface area contributed by atoms with Crippen LogP contribution in [0.4, 0.5) is 10.8 Å². The van der Waals surface area contributed by atoms with Gasteiger partial charge in [0, 0.05) is 21.4 Å². The van der Waals surface area contributed by atoms with Crippen LogP contribution in [0.15, 0.2) is 74.0 Å². The zero-order valence-electron chi connectivity index (χ0n) is 15.0. The number of amides is 1. The first-order chi connectivity index (χ1) is 13.6. The first-order valence-electron chi connectivity index (χ1n) is 8.70. The molecule has 1 N–H and O–H groups in total. The molecule has 0 saturated heterocycles. The van der Waals surface area contributed by atoms with Crippen LogP contribution in [0.2, 0.25) is 0 Å². The Morgan fingerprint density at radius 2 is 2.14 bits per heavy atom. The summed E-state index contributed by atoms with van der Waals surface area (Å²) in [6.45, 7) is 2.09. The van der Waals surface area contributed by atoms with Crippen LogP contribution in [0.5, 0.6) is 0 Å². The van der Waals surface area contributed by atoms with Crippen LogP contribution in [-0.4, -0.2) is 10.9 Å². The second-order valence-electron chi connectivity index (χ2n) is 6.07. The molecule has 0 unspecified atom stereocenters. The van der Waals surface area contributed by atoms with E-state index in [4.69, 9.17) is 4.42 Å². The van der Waals surface area contributed by atoms with Gasteiger partial charge in [0.25, 0.3) is 5.91 Å². The normalized spacial score (nSPS) is 11.7. The van der Waals surface area contributed by atoms with E-state index in [2.05, 4.69) is 38.1 Å². The molecule has 0 spiro atoms. The highest BCUT2D eigenvalue weighted by Gasteiger charge is 2.14. The molecule has 0 aliphatic carbocycles. The number of carbonyl (C=O) groups is 1. The van der Waals surface area contributed by atoms with Gasteiger partial charge in [-0.25, -0.2) is 9.98 Å². The molecule has 4 rings (SSSR count). The third kappa shape index (κ3) is 4.05. The van der Waals surface area contributed by atoms with E-state index < -0.39 is 0 Å². The number of hydrogen-bond donors (Lipinski definition) is 1. The zero-order chi connectivity index (χ0) is 19.5. The van der Waals surface area contributed by atoms with E-state index in [-0.39, 0.29) is 11.5 Å². The van der Waals surface area contributed by atoms with Crippen molar-refractivity contribution in [1.82, 2.24) is 4.98 Å². The number of benzene rings is 2. The second-order valence-corrected chi connectivity index (χ2v) is 7.88. The Balaban J connectivity index is 1.88. The molecule has 1 amide bonds. The molecule has 0 atom stereocenters. The lowest BCUT2D eigenvalue weighted by Crippen LogP contribution is -2.21. The minimum atomic E-state index is -0.314. The van der Waals surface area contributed by atoms with E-state index >= 15 is 0 Å². The average molecular weight is 454 g/mol. The molecule has 2 aromatic carbocycles. The predicted molar refractivity (Wildman–Crippen MR) is 115 cm³/mol. The van der Waals surface area contributed by atoms with Crippen molar-refractivity contribution >= 4 is 55.0 Å². The van der Waals surface area contributed by atoms with Crippen molar-refractivity contribution in [2.24, 2.45) is 4.99 Å². The quantitative estimate of drug-likeness (QED) is 0.430. The lowest BCUT2D eigenvalue weighted by molar-refractivity contribution is 0.102. The number of halogens is 1. The summed E-state index contributed by atoms with van der Waals surface area (Å²) in [6.07, 6.45) is 2.55. The van der Waals surface area contributed by atoms with Crippen molar-refractivity contribution in [2.45, 2.75) is 13.3 Å². The topological polar surface area (TPSA) is 67.5 Å². The highest BCUT2D eigenvalue weighted by molar-refractivity contribution is 9.10.